The monoisotopic (exact) mass is 372 g/mol. The molecule has 0 N–H and O–H groups in total. The highest BCUT2D eigenvalue weighted by Gasteiger charge is 1.98. The van der Waals surface area contributed by atoms with Gasteiger partial charge in [-0.3, -0.25) is 0 Å². The van der Waals surface area contributed by atoms with Crippen molar-refractivity contribution in [1.29, 1.82) is 0 Å². The summed E-state index contributed by atoms with van der Waals surface area (Å²) in [6.07, 6.45) is 17.3. The molecule has 0 radical (unpaired) electrons. The van der Waals surface area contributed by atoms with Gasteiger partial charge in [-0.1, -0.05) is 108 Å². The fourth-order valence-electron chi connectivity index (χ4n) is 2.94. The standard InChI is InChI=1S/C20H32.C5H8O2/c1-3-5-6-7-8-9-10-11-12-13-17-20-18-15-14-16-19(20)4-2;1-4(2)5(6)7-3/h4,14-16,18H,2-3,5-13,17H2,1H3;1H2,2-3H3. The van der Waals surface area contributed by atoms with Crippen molar-refractivity contribution >= 4 is 12.0 Å². The number of carbonyl (C=O) groups excluding carboxylic acids is 1. The molecule has 1 aromatic rings. The highest BCUT2D eigenvalue weighted by Crippen LogP contribution is 2.15. The number of rotatable bonds is 13. The summed E-state index contributed by atoms with van der Waals surface area (Å²) < 4.78 is 4.27. The Labute approximate surface area is 167 Å². The molecule has 0 unspecified atom stereocenters. The van der Waals surface area contributed by atoms with Crippen LogP contribution in [0.5, 0.6) is 0 Å². The van der Waals surface area contributed by atoms with Gasteiger partial charge in [-0.05, 0) is 30.9 Å². The van der Waals surface area contributed by atoms with Crippen LogP contribution in [0, 0.1) is 0 Å². The van der Waals surface area contributed by atoms with E-state index in [1.807, 2.05) is 6.08 Å². The Hall–Kier alpha value is -1.83. The normalized spacial score (nSPS) is 9.89. The van der Waals surface area contributed by atoms with E-state index in [1.54, 1.807) is 6.92 Å². The minimum atomic E-state index is -0.347. The lowest BCUT2D eigenvalue weighted by Crippen LogP contribution is -1.98. The molecule has 27 heavy (non-hydrogen) atoms. The summed E-state index contributed by atoms with van der Waals surface area (Å²) >= 11 is 0. The fraction of sp³-hybridized carbons (Fsp3) is 0.560. The molecule has 0 heterocycles. The number of carbonyl (C=O) groups is 1. The second kappa shape index (κ2) is 17.6. The third-order valence-corrected chi connectivity index (χ3v) is 4.61. The first-order valence-electron chi connectivity index (χ1n) is 10.5. The lowest BCUT2D eigenvalue weighted by Gasteiger charge is -2.06. The molecule has 0 saturated heterocycles. The van der Waals surface area contributed by atoms with Crippen LogP contribution in [0.4, 0.5) is 0 Å². The quantitative estimate of drug-likeness (QED) is 0.203. The van der Waals surface area contributed by atoms with Gasteiger partial charge in [0.25, 0.3) is 0 Å². The van der Waals surface area contributed by atoms with E-state index in [4.69, 9.17) is 0 Å². The van der Waals surface area contributed by atoms with Crippen molar-refractivity contribution in [3.05, 3.63) is 54.1 Å². The molecule has 0 aliphatic carbocycles. The molecule has 0 amide bonds. The molecule has 2 heteroatoms. The van der Waals surface area contributed by atoms with Crippen LogP contribution in [0.3, 0.4) is 0 Å². The lowest BCUT2D eigenvalue weighted by atomic mass is 10.00. The van der Waals surface area contributed by atoms with Gasteiger partial charge in [0, 0.05) is 5.57 Å². The summed E-state index contributed by atoms with van der Waals surface area (Å²) in [6.45, 7) is 11.1. The lowest BCUT2D eigenvalue weighted by molar-refractivity contribution is -0.136. The number of methoxy groups -OCH3 is 1. The van der Waals surface area contributed by atoms with E-state index < -0.39 is 0 Å². The third-order valence-electron chi connectivity index (χ3n) is 4.61. The van der Waals surface area contributed by atoms with Crippen LogP contribution in [0.2, 0.25) is 0 Å². The zero-order chi connectivity index (χ0) is 20.3. The molecule has 0 bridgehead atoms. The average molecular weight is 373 g/mol. The van der Waals surface area contributed by atoms with Gasteiger partial charge >= 0.3 is 5.97 Å². The minimum absolute atomic E-state index is 0.347. The van der Waals surface area contributed by atoms with Gasteiger partial charge in [0.15, 0.2) is 0 Å². The second-order valence-electron chi connectivity index (χ2n) is 7.11. The first kappa shape index (κ1) is 25.2. The first-order chi connectivity index (χ1) is 13.1. The topological polar surface area (TPSA) is 26.3 Å². The maximum Gasteiger partial charge on any atom is 0.332 e. The average Bonchev–Trinajstić information content (AvgIpc) is 2.69. The smallest absolute Gasteiger partial charge is 0.332 e. The number of unbranched alkanes of at least 4 members (excludes halogenated alkanes) is 9. The van der Waals surface area contributed by atoms with E-state index in [0.717, 1.165) is 0 Å². The van der Waals surface area contributed by atoms with Crippen molar-refractivity contribution in [1.82, 2.24) is 0 Å². The molecule has 0 aromatic heterocycles. The van der Waals surface area contributed by atoms with Crippen LogP contribution in [-0.2, 0) is 16.0 Å². The van der Waals surface area contributed by atoms with Gasteiger partial charge in [0.2, 0.25) is 0 Å². The Morgan fingerprint density at radius 3 is 1.93 bits per heavy atom. The largest absolute Gasteiger partial charge is 0.466 e. The highest BCUT2D eigenvalue weighted by atomic mass is 16.5. The van der Waals surface area contributed by atoms with Gasteiger partial charge in [-0.25, -0.2) is 4.79 Å². The van der Waals surface area contributed by atoms with Crippen molar-refractivity contribution in [2.24, 2.45) is 0 Å². The summed E-state index contributed by atoms with van der Waals surface area (Å²) in [7, 11) is 1.33. The molecule has 0 saturated carbocycles. The second-order valence-corrected chi connectivity index (χ2v) is 7.11. The van der Waals surface area contributed by atoms with Crippen LogP contribution in [0.1, 0.15) is 89.2 Å². The first-order valence-corrected chi connectivity index (χ1v) is 10.5. The number of benzene rings is 1. The number of aryl methyl sites for hydroxylation is 1. The zero-order valence-corrected chi connectivity index (χ0v) is 17.9. The van der Waals surface area contributed by atoms with Crippen molar-refractivity contribution in [2.75, 3.05) is 7.11 Å². The molecule has 0 spiro atoms. The van der Waals surface area contributed by atoms with Crippen molar-refractivity contribution < 1.29 is 9.53 Å². The number of hydrogen-bond donors (Lipinski definition) is 0. The van der Waals surface area contributed by atoms with Gasteiger partial charge in [-0.2, -0.15) is 0 Å². The molecular formula is C25H40O2. The van der Waals surface area contributed by atoms with Gasteiger partial charge in [0.1, 0.15) is 0 Å². The van der Waals surface area contributed by atoms with E-state index in [0.29, 0.717) is 5.57 Å². The fourth-order valence-corrected chi connectivity index (χ4v) is 2.94. The minimum Gasteiger partial charge on any atom is -0.466 e. The summed E-state index contributed by atoms with van der Waals surface area (Å²) in [6, 6.07) is 8.64. The molecule has 1 rings (SSSR count). The van der Waals surface area contributed by atoms with Gasteiger partial charge in [-0.15, -0.1) is 0 Å². The molecule has 0 aliphatic heterocycles. The Balaban J connectivity index is 0.000000821. The predicted octanol–water partition coefficient (Wildman–Crippen LogP) is 7.53. The molecule has 0 atom stereocenters. The molecular weight excluding hydrogens is 332 g/mol. The Bertz CT molecular complexity index is 531. The molecule has 0 aliphatic rings. The Morgan fingerprint density at radius 2 is 1.48 bits per heavy atom. The summed E-state index contributed by atoms with van der Waals surface area (Å²) in [4.78, 5) is 10.2. The number of hydrogen-bond acceptors (Lipinski definition) is 2. The van der Waals surface area contributed by atoms with Crippen molar-refractivity contribution in [3.8, 4) is 0 Å². The van der Waals surface area contributed by atoms with E-state index in [1.165, 1.54) is 88.9 Å². The number of esters is 1. The van der Waals surface area contributed by atoms with Crippen LogP contribution < -0.4 is 0 Å². The van der Waals surface area contributed by atoms with Crippen LogP contribution in [0.25, 0.3) is 6.08 Å². The predicted molar refractivity (Wildman–Crippen MR) is 119 cm³/mol. The molecule has 1 aromatic carbocycles. The van der Waals surface area contributed by atoms with Gasteiger partial charge in [0.05, 0.1) is 7.11 Å². The van der Waals surface area contributed by atoms with E-state index in [-0.39, 0.29) is 5.97 Å². The Morgan fingerprint density at radius 1 is 0.963 bits per heavy atom. The maximum absolute atomic E-state index is 10.2. The summed E-state index contributed by atoms with van der Waals surface area (Å²) in [5.41, 5.74) is 3.20. The SMILES string of the molecule is C=C(C)C(=O)OC.C=Cc1ccccc1CCCCCCCCCCCC. The van der Waals surface area contributed by atoms with Crippen molar-refractivity contribution in [3.63, 3.8) is 0 Å². The van der Waals surface area contributed by atoms with Crippen LogP contribution in [0.15, 0.2) is 43.0 Å². The van der Waals surface area contributed by atoms with E-state index >= 15 is 0 Å². The third kappa shape index (κ3) is 14.0. The highest BCUT2D eigenvalue weighted by molar-refractivity contribution is 5.86. The van der Waals surface area contributed by atoms with Crippen LogP contribution in [-0.4, -0.2) is 13.1 Å². The summed E-state index contributed by atoms with van der Waals surface area (Å²) in [5, 5.41) is 0. The molecule has 152 valence electrons. The summed E-state index contributed by atoms with van der Waals surface area (Å²) in [5.74, 6) is -0.347. The van der Waals surface area contributed by atoms with Crippen LogP contribution >= 0.6 is 0 Å². The molecule has 0 fully saturated rings. The maximum atomic E-state index is 10.2. The van der Waals surface area contributed by atoms with E-state index in [2.05, 4.69) is 49.1 Å². The number of ether oxygens (including phenoxy) is 1. The Kier molecular flexibility index (Phi) is 16.4. The van der Waals surface area contributed by atoms with Crippen molar-refractivity contribution in [2.45, 2.75) is 84.5 Å². The zero-order valence-electron chi connectivity index (χ0n) is 17.9. The van der Waals surface area contributed by atoms with E-state index in [9.17, 15) is 4.79 Å². The molecule has 2 nitrogen and oxygen atoms in total. The van der Waals surface area contributed by atoms with Gasteiger partial charge < -0.3 is 4.74 Å².